The molecule has 0 saturated heterocycles. The second-order valence-electron chi connectivity index (χ2n) is 7.88. The number of allylic oxidation sites excluding steroid dienone is 2. The van der Waals surface area contributed by atoms with Gasteiger partial charge in [0.2, 0.25) is 0 Å². The van der Waals surface area contributed by atoms with Crippen molar-refractivity contribution in [3.63, 3.8) is 0 Å². The molecule has 30 heavy (non-hydrogen) atoms. The lowest BCUT2D eigenvalue weighted by Crippen LogP contribution is -2.41. The average molecular weight is 426 g/mol. The predicted octanol–water partition coefficient (Wildman–Crippen LogP) is 7.09. The van der Waals surface area contributed by atoms with E-state index in [1.54, 1.807) is 6.08 Å². The van der Waals surface area contributed by atoms with Crippen LogP contribution in [0.1, 0.15) is 58.4 Å². The Morgan fingerprint density at radius 1 is 1.27 bits per heavy atom. The van der Waals surface area contributed by atoms with Gasteiger partial charge in [-0.25, -0.2) is 4.99 Å². The standard InChI is InChI=1S/C23H30ClN3.C3H6/c1-5-7-9-19-14-27(16(3)8-6-2)15-21-17(4)25-23(26-22(19)21)18-10-12-20(24)13-11-18;1-3-2/h10-13,19H,3-9,14-15H2,1-2H3,(H,25,26);3H,1H2,2H3. The highest BCUT2D eigenvalue weighted by molar-refractivity contribution is 6.30. The van der Waals surface area contributed by atoms with Crippen LogP contribution in [0.25, 0.3) is 0 Å². The number of rotatable bonds is 7. The van der Waals surface area contributed by atoms with Crippen LogP contribution in [0.4, 0.5) is 0 Å². The zero-order chi connectivity index (χ0) is 22.1. The number of unbranched alkanes of at least 4 members (excludes halogenated alkanes) is 1. The van der Waals surface area contributed by atoms with Crippen LogP contribution in [-0.2, 0) is 0 Å². The first kappa shape index (κ1) is 24.0. The van der Waals surface area contributed by atoms with E-state index in [2.05, 4.69) is 43.8 Å². The highest BCUT2D eigenvalue weighted by atomic mass is 35.5. The van der Waals surface area contributed by atoms with Gasteiger partial charge in [-0.1, -0.05) is 63.9 Å². The van der Waals surface area contributed by atoms with Gasteiger partial charge in [-0.05, 0) is 44.0 Å². The number of amidine groups is 1. The van der Waals surface area contributed by atoms with Crippen molar-refractivity contribution in [2.45, 2.75) is 52.9 Å². The van der Waals surface area contributed by atoms with Gasteiger partial charge in [-0.15, -0.1) is 6.58 Å². The quantitative estimate of drug-likeness (QED) is 0.472. The van der Waals surface area contributed by atoms with Crippen LogP contribution in [0, 0.1) is 5.92 Å². The summed E-state index contributed by atoms with van der Waals surface area (Å²) >= 11 is 6.04. The number of aliphatic imine (C=N–C) groups is 1. The molecule has 4 heteroatoms. The fraction of sp³-hybridized carbons (Fsp3) is 0.423. The second kappa shape index (κ2) is 11.8. The van der Waals surface area contributed by atoms with Crippen molar-refractivity contribution in [1.29, 1.82) is 0 Å². The molecule has 0 fully saturated rings. The van der Waals surface area contributed by atoms with Gasteiger partial charge >= 0.3 is 0 Å². The summed E-state index contributed by atoms with van der Waals surface area (Å²) < 4.78 is 0. The van der Waals surface area contributed by atoms with Crippen LogP contribution in [0.5, 0.6) is 0 Å². The number of hydrogen-bond acceptors (Lipinski definition) is 3. The van der Waals surface area contributed by atoms with Crippen molar-refractivity contribution < 1.29 is 0 Å². The third-order valence-corrected chi connectivity index (χ3v) is 5.61. The Morgan fingerprint density at radius 2 is 1.93 bits per heavy atom. The lowest BCUT2D eigenvalue weighted by Gasteiger charge is -2.40. The molecular formula is C26H36ClN3. The molecule has 1 unspecified atom stereocenters. The summed E-state index contributed by atoms with van der Waals surface area (Å²) in [5.41, 5.74) is 5.67. The molecular weight excluding hydrogens is 390 g/mol. The first-order valence-electron chi connectivity index (χ1n) is 11.0. The monoisotopic (exact) mass is 425 g/mol. The molecule has 1 atom stereocenters. The summed E-state index contributed by atoms with van der Waals surface area (Å²) in [7, 11) is 0. The summed E-state index contributed by atoms with van der Waals surface area (Å²) in [5, 5.41) is 4.15. The van der Waals surface area contributed by atoms with Crippen molar-refractivity contribution in [2.75, 3.05) is 13.1 Å². The molecule has 0 saturated carbocycles. The molecule has 0 spiro atoms. The Kier molecular flexibility index (Phi) is 9.45. The lowest BCUT2D eigenvalue weighted by molar-refractivity contribution is 0.279. The number of halogens is 1. The largest absolute Gasteiger partial charge is 0.370 e. The van der Waals surface area contributed by atoms with E-state index in [4.69, 9.17) is 16.6 Å². The van der Waals surface area contributed by atoms with E-state index in [1.807, 2.05) is 31.2 Å². The van der Waals surface area contributed by atoms with Crippen LogP contribution >= 0.6 is 11.6 Å². The van der Waals surface area contributed by atoms with Gasteiger partial charge in [0, 0.05) is 46.6 Å². The smallest absolute Gasteiger partial charge is 0.137 e. The van der Waals surface area contributed by atoms with Gasteiger partial charge in [-0.3, -0.25) is 0 Å². The molecule has 1 N–H and O–H groups in total. The molecule has 3 nitrogen and oxygen atoms in total. The molecule has 0 radical (unpaired) electrons. The Labute approximate surface area is 187 Å². The normalized spacial score (nSPS) is 18.0. The molecule has 0 aliphatic carbocycles. The highest BCUT2D eigenvalue weighted by Crippen LogP contribution is 2.35. The van der Waals surface area contributed by atoms with Crippen molar-refractivity contribution in [3.8, 4) is 0 Å². The third kappa shape index (κ3) is 6.12. The third-order valence-electron chi connectivity index (χ3n) is 5.36. The molecule has 2 aliphatic rings. The summed E-state index contributed by atoms with van der Waals surface area (Å²) in [6.45, 7) is 20.2. The molecule has 0 amide bonds. The maximum absolute atomic E-state index is 6.04. The summed E-state index contributed by atoms with van der Waals surface area (Å²) in [4.78, 5) is 7.48. The van der Waals surface area contributed by atoms with E-state index in [1.165, 1.54) is 29.8 Å². The molecule has 2 heterocycles. The van der Waals surface area contributed by atoms with E-state index in [-0.39, 0.29) is 0 Å². The zero-order valence-electron chi connectivity index (χ0n) is 18.8. The van der Waals surface area contributed by atoms with Crippen LogP contribution in [0.15, 0.2) is 77.7 Å². The number of benzene rings is 1. The molecule has 1 aromatic carbocycles. The van der Waals surface area contributed by atoms with E-state index >= 15 is 0 Å². The second-order valence-corrected chi connectivity index (χ2v) is 8.32. The maximum Gasteiger partial charge on any atom is 0.137 e. The van der Waals surface area contributed by atoms with Gasteiger partial charge in [-0.2, -0.15) is 0 Å². The minimum atomic E-state index is 0.420. The maximum atomic E-state index is 6.04. The van der Waals surface area contributed by atoms with E-state index < -0.39 is 0 Å². The SMILES string of the molecule is C=C1NC(c2ccc(Cl)cc2)=NC2=C1CN(C(=C)CCC)CC2CCCC.C=CC. The fourth-order valence-corrected chi connectivity index (χ4v) is 3.95. The van der Waals surface area contributed by atoms with Crippen LogP contribution in [-0.4, -0.2) is 23.8 Å². The minimum Gasteiger partial charge on any atom is -0.370 e. The Hall–Kier alpha value is -2.26. The lowest BCUT2D eigenvalue weighted by atomic mass is 9.88. The molecule has 162 valence electrons. The first-order valence-corrected chi connectivity index (χ1v) is 11.4. The molecule has 3 rings (SSSR count). The average Bonchev–Trinajstić information content (AvgIpc) is 2.73. The van der Waals surface area contributed by atoms with Crippen molar-refractivity contribution in [3.05, 3.63) is 83.3 Å². The van der Waals surface area contributed by atoms with Crippen LogP contribution in [0.2, 0.25) is 5.02 Å². The van der Waals surface area contributed by atoms with Crippen LogP contribution < -0.4 is 5.32 Å². The van der Waals surface area contributed by atoms with Crippen molar-refractivity contribution in [1.82, 2.24) is 10.2 Å². The number of nitrogens with one attached hydrogen (secondary N) is 1. The van der Waals surface area contributed by atoms with Gasteiger partial charge in [0.1, 0.15) is 5.84 Å². The van der Waals surface area contributed by atoms with Gasteiger partial charge < -0.3 is 10.2 Å². The molecule has 2 aliphatic heterocycles. The Morgan fingerprint density at radius 3 is 2.53 bits per heavy atom. The highest BCUT2D eigenvalue weighted by Gasteiger charge is 2.32. The molecule has 0 aromatic heterocycles. The number of nitrogens with zero attached hydrogens (tertiary/aromatic N) is 2. The summed E-state index contributed by atoms with van der Waals surface area (Å²) in [5.74, 6) is 1.29. The number of hydrogen-bond donors (Lipinski definition) is 1. The Balaban J connectivity index is 0.00000101. The van der Waals surface area contributed by atoms with E-state index in [0.29, 0.717) is 5.92 Å². The molecule has 0 bridgehead atoms. The summed E-state index contributed by atoms with van der Waals surface area (Å²) in [6, 6.07) is 7.82. The first-order chi connectivity index (χ1) is 14.4. The van der Waals surface area contributed by atoms with E-state index in [0.717, 1.165) is 54.5 Å². The summed E-state index contributed by atoms with van der Waals surface area (Å²) in [6.07, 6.45) is 7.47. The van der Waals surface area contributed by atoms with E-state index in [9.17, 15) is 0 Å². The fourth-order valence-electron chi connectivity index (χ4n) is 3.82. The van der Waals surface area contributed by atoms with Crippen molar-refractivity contribution in [2.24, 2.45) is 10.9 Å². The van der Waals surface area contributed by atoms with Gasteiger partial charge in [0.25, 0.3) is 0 Å². The predicted molar refractivity (Wildman–Crippen MR) is 132 cm³/mol. The van der Waals surface area contributed by atoms with Gasteiger partial charge in [0.05, 0.1) is 5.70 Å². The topological polar surface area (TPSA) is 27.6 Å². The van der Waals surface area contributed by atoms with Crippen molar-refractivity contribution >= 4 is 17.4 Å². The van der Waals surface area contributed by atoms with Gasteiger partial charge in [0.15, 0.2) is 0 Å². The minimum absolute atomic E-state index is 0.420. The zero-order valence-corrected chi connectivity index (χ0v) is 19.6. The Bertz CT molecular complexity index is 817. The van der Waals surface area contributed by atoms with Crippen LogP contribution in [0.3, 0.4) is 0 Å². The molecule has 1 aromatic rings.